The van der Waals surface area contributed by atoms with E-state index >= 15 is 0 Å². The molecule has 1 rings (SSSR count). The van der Waals surface area contributed by atoms with Gasteiger partial charge >= 0.3 is 5.97 Å². The molecular formula is C14H19NO4. The van der Waals surface area contributed by atoms with Crippen molar-refractivity contribution < 1.29 is 19.4 Å². The number of carbonyl (C=O) groups excluding carboxylic acids is 2. The second kappa shape index (κ2) is 6.78. The summed E-state index contributed by atoms with van der Waals surface area (Å²) in [5, 5.41) is 9.30. The fourth-order valence-electron chi connectivity index (χ4n) is 1.66. The predicted molar refractivity (Wildman–Crippen MR) is 70.8 cm³/mol. The summed E-state index contributed by atoms with van der Waals surface area (Å²) in [5.74, 6) is -0.406. The minimum atomic E-state index is -0.416. The van der Waals surface area contributed by atoms with Gasteiger partial charge in [0.25, 0.3) is 0 Å². The number of aryl methyl sites for hydroxylation is 1. The van der Waals surface area contributed by atoms with Gasteiger partial charge in [0.2, 0.25) is 5.91 Å². The Hall–Kier alpha value is -2.04. The molecule has 0 aliphatic rings. The van der Waals surface area contributed by atoms with E-state index in [9.17, 15) is 14.7 Å². The van der Waals surface area contributed by atoms with E-state index in [1.54, 1.807) is 32.2 Å². The molecule has 0 bridgehead atoms. The SMILES string of the molecule is CCOC(=O)CN(C)C(=O)Cc1ccc(O)cc1C. The van der Waals surface area contributed by atoms with Gasteiger partial charge in [-0.2, -0.15) is 0 Å². The number of ether oxygens (including phenoxy) is 1. The molecule has 0 fully saturated rings. The first-order valence-electron chi connectivity index (χ1n) is 6.12. The highest BCUT2D eigenvalue weighted by atomic mass is 16.5. The summed E-state index contributed by atoms with van der Waals surface area (Å²) >= 11 is 0. The Morgan fingerprint density at radius 2 is 2.05 bits per heavy atom. The third kappa shape index (κ3) is 4.62. The van der Waals surface area contributed by atoms with Gasteiger partial charge in [0, 0.05) is 7.05 Å². The molecule has 0 radical (unpaired) electrons. The zero-order chi connectivity index (χ0) is 14.4. The van der Waals surface area contributed by atoms with Gasteiger partial charge in [0.1, 0.15) is 12.3 Å². The van der Waals surface area contributed by atoms with Crippen LogP contribution in [-0.2, 0) is 20.7 Å². The van der Waals surface area contributed by atoms with Gasteiger partial charge < -0.3 is 14.7 Å². The van der Waals surface area contributed by atoms with Crippen molar-refractivity contribution in [2.24, 2.45) is 0 Å². The van der Waals surface area contributed by atoms with Gasteiger partial charge in [0.05, 0.1) is 13.0 Å². The fourth-order valence-corrected chi connectivity index (χ4v) is 1.66. The van der Waals surface area contributed by atoms with Crippen LogP contribution in [0.1, 0.15) is 18.1 Å². The summed E-state index contributed by atoms with van der Waals surface area (Å²) in [6, 6.07) is 4.86. The van der Waals surface area contributed by atoms with Crippen molar-refractivity contribution in [3.63, 3.8) is 0 Å². The quantitative estimate of drug-likeness (QED) is 0.814. The van der Waals surface area contributed by atoms with Crippen LogP contribution in [-0.4, -0.2) is 42.1 Å². The van der Waals surface area contributed by atoms with E-state index in [1.165, 1.54) is 4.90 Å². The number of aromatic hydroxyl groups is 1. The number of esters is 1. The van der Waals surface area contributed by atoms with E-state index in [2.05, 4.69) is 0 Å². The zero-order valence-corrected chi connectivity index (χ0v) is 11.5. The topological polar surface area (TPSA) is 66.8 Å². The first-order chi connectivity index (χ1) is 8.93. The van der Waals surface area contributed by atoms with Crippen LogP contribution in [0.25, 0.3) is 0 Å². The molecule has 0 atom stereocenters. The number of nitrogens with zero attached hydrogens (tertiary/aromatic N) is 1. The highest BCUT2D eigenvalue weighted by molar-refractivity contribution is 5.83. The molecule has 0 spiro atoms. The molecule has 0 unspecified atom stereocenters. The van der Waals surface area contributed by atoms with Gasteiger partial charge in [-0.1, -0.05) is 6.07 Å². The van der Waals surface area contributed by atoms with E-state index in [0.29, 0.717) is 6.61 Å². The highest BCUT2D eigenvalue weighted by Crippen LogP contribution is 2.16. The molecule has 0 aliphatic carbocycles. The smallest absolute Gasteiger partial charge is 0.325 e. The maximum Gasteiger partial charge on any atom is 0.325 e. The summed E-state index contributed by atoms with van der Waals surface area (Å²) in [4.78, 5) is 24.6. The lowest BCUT2D eigenvalue weighted by Gasteiger charge is -2.16. The number of rotatable bonds is 5. The second-order valence-corrected chi connectivity index (χ2v) is 4.34. The van der Waals surface area contributed by atoms with Crippen molar-refractivity contribution in [2.75, 3.05) is 20.2 Å². The van der Waals surface area contributed by atoms with Crippen LogP contribution < -0.4 is 0 Å². The standard InChI is InChI=1S/C14H19NO4/c1-4-19-14(18)9-15(3)13(17)8-11-5-6-12(16)7-10(11)2/h5-7,16H,4,8-9H2,1-3H3. The van der Waals surface area contributed by atoms with Crippen LogP contribution in [0.2, 0.25) is 0 Å². The number of likely N-dealkylation sites (N-methyl/N-ethyl adjacent to an activating group) is 1. The molecule has 0 aromatic heterocycles. The van der Waals surface area contributed by atoms with Crippen molar-refractivity contribution >= 4 is 11.9 Å². The van der Waals surface area contributed by atoms with E-state index in [-0.39, 0.29) is 24.6 Å². The number of hydrogen-bond acceptors (Lipinski definition) is 4. The Kier molecular flexibility index (Phi) is 5.36. The molecule has 1 N–H and O–H groups in total. The average molecular weight is 265 g/mol. The van der Waals surface area contributed by atoms with Crippen LogP contribution in [0.3, 0.4) is 0 Å². The predicted octanol–water partition coefficient (Wildman–Crippen LogP) is 1.26. The molecule has 19 heavy (non-hydrogen) atoms. The highest BCUT2D eigenvalue weighted by Gasteiger charge is 2.15. The van der Waals surface area contributed by atoms with Crippen LogP contribution in [0.5, 0.6) is 5.75 Å². The molecule has 1 aromatic carbocycles. The van der Waals surface area contributed by atoms with Gasteiger partial charge in [-0.3, -0.25) is 9.59 Å². The van der Waals surface area contributed by atoms with E-state index in [0.717, 1.165) is 11.1 Å². The van der Waals surface area contributed by atoms with Crippen LogP contribution in [0.15, 0.2) is 18.2 Å². The van der Waals surface area contributed by atoms with E-state index in [4.69, 9.17) is 4.74 Å². The lowest BCUT2D eigenvalue weighted by molar-refractivity contribution is -0.147. The van der Waals surface area contributed by atoms with Crippen LogP contribution >= 0.6 is 0 Å². The Morgan fingerprint density at radius 1 is 1.37 bits per heavy atom. The fraction of sp³-hybridized carbons (Fsp3) is 0.429. The molecule has 5 nitrogen and oxygen atoms in total. The minimum absolute atomic E-state index is 0.0518. The molecule has 1 aromatic rings. The number of carbonyl (C=O) groups is 2. The third-order valence-electron chi connectivity index (χ3n) is 2.77. The Bertz CT molecular complexity index is 471. The minimum Gasteiger partial charge on any atom is -0.508 e. The largest absolute Gasteiger partial charge is 0.508 e. The molecule has 0 saturated heterocycles. The maximum absolute atomic E-state index is 11.9. The van der Waals surface area contributed by atoms with E-state index < -0.39 is 5.97 Å². The number of phenols is 1. The first-order valence-corrected chi connectivity index (χ1v) is 6.12. The summed E-state index contributed by atoms with van der Waals surface area (Å²) < 4.78 is 4.79. The molecule has 1 amide bonds. The molecule has 5 heteroatoms. The van der Waals surface area contributed by atoms with E-state index in [1.807, 2.05) is 6.92 Å². The van der Waals surface area contributed by atoms with Crippen LogP contribution in [0, 0.1) is 6.92 Å². The summed E-state index contributed by atoms with van der Waals surface area (Å²) in [6.07, 6.45) is 0.196. The normalized spacial score (nSPS) is 10.1. The number of benzene rings is 1. The third-order valence-corrected chi connectivity index (χ3v) is 2.77. The number of phenolic OH excluding ortho intramolecular Hbond substituents is 1. The van der Waals surface area contributed by atoms with Gasteiger partial charge in [-0.15, -0.1) is 0 Å². The summed E-state index contributed by atoms with van der Waals surface area (Å²) in [5.41, 5.74) is 1.68. The molecule has 0 saturated carbocycles. The van der Waals surface area contributed by atoms with Gasteiger partial charge in [0.15, 0.2) is 0 Å². The summed E-state index contributed by atoms with van der Waals surface area (Å²) in [6.45, 7) is 3.80. The second-order valence-electron chi connectivity index (χ2n) is 4.34. The Labute approximate surface area is 112 Å². The molecule has 104 valence electrons. The van der Waals surface area contributed by atoms with Crippen molar-refractivity contribution in [1.82, 2.24) is 4.90 Å². The first kappa shape index (κ1) is 15.0. The summed E-state index contributed by atoms with van der Waals surface area (Å²) in [7, 11) is 1.56. The van der Waals surface area contributed by atoms with Crippen molar-refractivity contribution in [1.29, 1.82) is 0 Å². The molecule has 0 aliphatic heterocycles. The van der Waals surface area contributed by atoms with Gasteiger partial charge in [-0.25, -0.2) is 0 Å². The average Bonchev–Trinajstić information content (AvgIpc) is 2.32. The van der Waals surface area contributed by atoms with Gasteiger partial charge in [-0.05, 0) is 37.1 Å². The zero-order valence-electron chi connectivity index (χ0n) is 11.5. The van der Waals surface area contributed by atoms with Crippen molar-refractivity contribution in [3.8, 4) is 5.75 Å². The van der Waals surface area contributed by atoms with Crippen LogP contribution in [0.4, 0.5) is 0 Å². The lowest BCUT2D eigenvalue weighted by atomic mass is 10.0. The monoisotopic (exact) mass is 265 g/mol. The Morgan fingerprint density at radius 3 is 2.63 bits per heavy atom. The lowest BCUT2D eigenvalue weighted by Crippen LogP contribution is -2.34. The molecular weight excluding hydrogens is 246 g/mol. The number of amides is 1. The maximum atomic E-state index is 11.9. The Balaban J connectivity index is 2.61. The molecule has 0 heterocycles. The van der Waals surface area contributed by atoms with Crippen molar-refractivity contribution in [3.05, 3.63) is 29.3 Å². The van der Waals surface area contributed by atoms with Crippen molar-refractivity contribution in [2.45, 2.75) is 20.3 Å². The number of hydrogen-bond donors (Lipinski definition) is 1.